The summed E-state index contributed by atoms with van der Waals surface area (Å²) in [6.07, 6.45) is 0.497. The Morgan fingerprint density at radius 3 is 2.75 bits per heavy atom. The van der Waals surface area contributed by atoms with Crippen LogP contribution in [-0.2, 0) is 4.74 Å². The highest BCUT2D eigenvalue weighted by Crippen LogP contribution is 2.25. The Bertz CT molecular complexity index is 571. The number of nitrogens with zero attached hydrogens (tertiary/aromatic N) is 1. The molecule has 0 aromatic heterocycles. The molecule has 2 rings (SSSR count). The van der Waals surface area contributed by atoms with Gasteiger partial charge in [-0.15, -0.1) is 0 Å². The molecule has 1 aliphatic heterocycles. The molecule has 20 heavy (non-hydrogen) atoms. The van der Waals surface area contributed by atoms with E-state index in [2.05, 4.69) is 5.32 Å². The van der Waals surface area contributed by atoms with Crippen LogP contribution >= 0.6 is 0 Å². The molecule has 1 amide bonds. The van der Waals surface area contributed by atoms with Gasteiger partial charge in [-0.3, -0.25) is 14.9 Å². The maximum Gasteiger partial charge on any atom is 0.305 e. The van der Waals surface area contributed by atoms with E-state index in [1.807, 2.05) is 0 Å². The molecule has 0 radical (unpaired) electrons. The molecule has 1 aromatic carbocycles. The monoisotopic (exact) mass is 286 g/mol. The minimum absolute atomic E-state index is 0.219. The Labute approximate surface area is 112 Å². The number of hydrogen-bond acceptors (Lipinski definition) is 4. The molecule has 1 heterocycles. The maximum absolute atomic E-state index is 13.9. The normalized spacial score (nSPS) is 21.8. The van der Waals surface area contributed by atoms with Crippen LogP contribution in [0.15, 0.2) is 12.1 Å². The fourth-order valence-corrected chi connectivity index (χ4v) is 1.99. The second-order valence-corrected chi connectivity index (χ2v) is 4.83. The first kappa shape index (κ1) is 14.3. The van der Waals surface area contributed by atoms with Crippen molar-refractivity contribution >= 4 is 11.6 Å². The van der Waals surface area contributed by atoms with Gasteiger partial charge < -0.3 is 10.1 Å². The van der Waals surface area contributed by atoms with Crippen LogP contribution in [0.1, 0.15) is 23.7 Å². The lowest BCUT2D eigenvalue weighted by atomic mass is 10.0. The molecular formula is C12H12F2N2O4. The van der Waals surface area contributed by atoms with Crippen molar-refractivity contribution in [2.24, 2.45) is 0 Å². The van der Waals surface area contributed by atoms with Crippen LogP contribution in [0.3, 0.4) is 0 Å². The molecule has 1 aliphatic rings. The largest absolute Gasteiger partial charge is 0.379 e. The highest BCUT2D eigenvalue weighted by Gasteiger charge is 2.34. The Balaban J connectivity index is 2.34. The summed E-state index contributed by atoms with van der Waals surface area (Å²) in [7, 11) is 0. The SMILES string of the molecule is CC1(NC(=O)c2c(F)ccc([N+](=O)[O-])c2F)CCOC1. The van der Waals surface area contributed by atoms with Crippen molar-refractivity contribution in [1.29, 1.82) is 0 Å². The third kappa shape index (κ3) is 2.60. The van der Waals surface area contributed by atoms with Gasteiger partial charge in [0.15, 0.2) is 0 Å². The average Bonchev–Trinajstić information content (AvgIpc) is 2.75. The lowest BCUT2D eigenvalue weighted by molar-refractivity contribution is -0.387. The van der Waals surface area contributed by atoms with Gasteiger partial charge in [0.05, 0.1) is 17.1 Å². The smallest absolute Gasteiger partial charge is 0.305 e. The topological polar surface area (TPSA) is 81.5 Å². The number of nitro groups is 1. The number of benzene rings is 1. The number of carbonyl (C=O) groups excluding carboxylic acids is 1. The van der Waals surface area contributed by atoms with Gasteiger partial charge in [-0.25, -0.2) is 4.39 Å². The molecule has 1 saturated heterocycles. The van der Waals surface area contributed by atoms with Crippen molar-refractivity contribution in [1.82, 2.24) is 5.32 Å². The lowest BCUT2D eigenvalue weighted by Crippen LogP contribution is -2.47. The number of nitro benzene ring substituents is 1. The van der Waals surface area contributed by atoms with E-state index in [1.54, 1.807) is 6.92 Å². The number of nitrogens with one attached hydrogen (secondary N) is 1. The number of amides is 1. The van der Waals surface area contributed by atoms with E-state index in [9.17, 15) is 23.7 Å². The van der Waals surface area contributed by atoms with Gasteiger partial charge >= 0.3 is 5.69 Å². The zero-order valence-corrected chi connectivity index (χ0v) is 10.6. The van der Waals surface area contributed by atoms with Crippen LogP contribution < -0.4 is 5.32 Å². The summed E-state index contributed by atoms with van der Waals surface area (Å²) in [5.41, 5.74) is -2.63. The van der Waals surface area contributed by atoms with E-state index in [-0.39, 0.29) is 6.61 Å². The predicted octanol–water partition coefficient (Wildman–Crippen LogP) is 1.78. The minimum Gasteiger partial charge on any atom is -0.379 e. The minimum atomic E-state index is -1.48. The van der Waals surface area contributed by atoms with Gasteiger partial charge in [0.25, 0.3) is 5.91 Å². The fraction of sp³-hybridized carbons (Fsp3) is 0.417. The van der Waals surface area contributed by atoms with Gasteiger partial charge in [-0.05, 0) is 19.4 Å². The van der Waals surface area contributed by atoms with Gasteiger partial charge in [0.1, 0.15) is 11.4 Å². The average molecular weight is 286 g/mol. The molecule has 1 unspecified atom stereocenters. The van der Waals surface area contributed by atoms with Crippen LogP contribution in [0.5, 0.6) is 0 Å². The van der Waals surface area contributed by atoms with Gasteiger partial charge in [0, 0.05) is 12.7 Å². The zero-order valence-electron chi connectivity index (χ0n) is 10.6. The van der Waals surface area contributed by atoms with Crippen LogP contribution in [0.4, 0.5) is 14.5 Å². The Morgan fingerprint density at radius 1 is 1.50 bits per heavy atom. The molecule has 6 nitrogen and oxygen atoms in total. The fourth-order valence-electron chi connectivity index (χ4n) is 1.99. The van der Waals surface area contributed by atoms with E-state index in [1.165, 1.54) is 0 Å². The standard InChI is InChI=1S/C12H12F2N2O4/c1-12(4-5-20-6-12)15-11(17)9-7(13)2-3-8(10(9)14)16(18)19/h2-3H,4-6H2,1H3,(H,15,17). The molecule has 0 aliphatic carbocycles. The van der Waals surface area contributed by atoms with Crippen LogP contribution in [-0.4, -0.2) is 29.6 Å². The molecule has 1 fully saturated rings. The molecule has 1 N–H and O–H groups in total. The summed E-state index contributed by atoms with van der Waals surface area (Å²) in [4.78, 5) is 21.6. The first-order chi connectivity index (χ1) is 9.34. The highest BCUT2D eigenvalue weighted by atomic mass is 19.1. The lowest BCUT2D eigenvalue weighted by Gasteiger charge is -2.23. The highest BCUT2D eigenvalue weighted by molar-refractivity contribution is 5.96. The second-order valence-electron chi connectivity index (χ2n) is 4.83. The summed E-state index contributed by atoms with van der Waals surface area (Å²) >= 11 is 0. The van der Waals surface area contributed by atoms with Gasteiger partial charge in [-0.2, -0.15) is 4.39 Å². The van der Waals surface area contributed by atoms with Crippen molar-refractivity contribution in [2.75, 3.05) is 13.2 Å². The first-order valence-electron chi connectivity index (χ1n) is 5.87. The zero-order chi connectivity index (χ0) is 14.9. The second kappa shape index (κ2) is 5.12. The third-order valence-electron chi connectivity index (χ3n) is 3.13. The predicted molar refractivity (Wildman–Crippen MR) is 64.3 cm³/mol. The van der Waals surface area contributed by atoms with Crippen molar-refractivity contribution < 1.29 is 23.2 Å². The Morgan fingerprint density at radius 2 is 2.20 bits per heavy atom. The number of rotatable bonds is 3. The molecule has 1 aromatic rings. The van der Waals surface area contributed by atoms with Crippen LogP contribution in [0.2, 0.25) is 0 Å². The summed E-state index contributed by atoms with van der Waals surface area (Å²) in [6.45, 7) is 2.32. The summed E-state index contributed by atoms with van der Waals surface area (Å²) in [5.74, 6) is -3.65. The molecule has 0 saturated carbocycles. The van der Waals surface area contributed by atoms with E-state index in [0.29, 0.717) is 25.2 Å². The van der Waals surface area contributed by atoms with Crippen LogP contribution in [0.25, 0.3) is 0 Å². The summed E-state index contributed by atoms with van der Waals surface area (Å²) < 4.78 is 32.6. The number of ether oxygens (including phenoxy) is 1. The van der Waals surface area contributed by atoms with Crippen LogP contribution in [0, 0.1) is 21.7 Å². The van der Waals surface area contributed by atoms with E-state index >= 15 is 0 Å². The van der Waals surface area contributed by atoms with E-state index < -0.39 is 39.3 Å². The van der Waals surface area contributed by atoms with Crippen molar-refractivity contribution in [3.05, 3.63) is 39.4 Å². The molecular weight excluding hydrogens is 274 g/mol. The summed E-state index contributed by atoms with van der Waals surface area (Å²) in [6, 6.07) is 1.38. The number of halogens is 2. The van der Waals surface area contributed by atoms with Crippen molar-refractivity contribution in [2.45, 2.75) is 18.9 Å². The molecule has 108 valence electrons. The first-order valence-corrected chi connectivity index (χ1v) is 5.87. The Kier molecular flexibility index (Phi) is 3.67. The molecule has 1 atom stereocenters. The number of hydrogen-bond donors (Lipinski definition) is 1. The third-order valence-corrected chi connectivity index (χ3v) is 3.13. The van der Waals surface area contributed by atoms with Gasteiger partial charge in [0.2, 0.25) is 5.82 Å². The quantitative estimate of drug-likeness (QED) is 0.678. The maximum atomic E-state index is 13.9. The Hall–Kier alpha value is -2.09. The van der Waals surface area contributed by atoms with Crippen molar-refractivity contribution in [3.63, 3.8) is 0 Å². The van der Waals surface area contributed by atoms with Gasteiger partial charge in [-0.1, -0.05) is 0 Å². The van der Waals surface area contributed by atoms with E-state index in [0.717, 1.165) is 0 Å². The number of carbonyl (C=O) groups is 1. The van der Waals surface area contributed by atoms with E-state index in [4.69, 9.17) is 4.74 Å². The van der Waals surface area contributed by atoms with Crippen molar-refractivity contribution in [3.8, 4) is 0 Å². The molecule has 8 heteroatoms. The summed E-state index contributed by atoms with van der Waals surface area (Å²) in [5, 5.41) is 13.1. The molecule has 0 bridgehead atoms. The molecule has 0 spiro atoms.